The van der Waals surface area contributed by atoms with E-state index < -0.39 is 10.0 Å². The number of nitrogens with one attached hydrogen (secondary N) is 1. The summed E-state index contributed by atoms with van der Waals surface area (Å²) in [7, 11) is -3.68. The number of hydrogen-bond donors (Lipinski definition) is 2. The number of aryl methyl sites for hydroxylation is 1. The van der Waals surface area contributed by atoms with Crippen molar-refractivity contribution < 1.29 is 8.42 Å². The number of thiocarbonyl (C=S) groups is 1. The fourth-order valence-corrected chi connectivity index (χ4v) is 3.08. The van der Waals surface area contributed by atoms with E-state index >= 15 is 0 Å². The van der Waals surface area contributed by atoms with Gasteiger partial charge in [0.05, 0.1) is 4.90 Å². The summed E-state index contributed by atoms with van der Waals surface area (Å²) in [6.07, 6.45) is 1.51. The molecule has 2 rings (SSSR count). The van der Waals surface area contributed by atoms with Crippen molar-refractivity contribution in [2.24, 2.45) is 5.73 Å². The average Bonchev–Trinajstić information content (AvgIpc) is 2.38. The fraction of sp³-hybridized carbons (Fsp3) is 0.0769. The van der Waals surface area contributed by atoms with E-state index in [4.69, 9.17) is 18.0 Å². The number of benzene rings is 1. The van der Waals surface area contributed by atoms with E-state index in [0.717, 1.165) is 0 Å². The van der Waals surface area contributed by atoms with Crippen molar-refractivity contribution in [3.8, 4) is 0 Å². The average molecular weight is 307 g/mol. The van der Waals surface area contributed by atoms with E-state index in [1.807, 2.05) is 0 Å². The van der Waals surface area contributed by atoms with Crippen molar-refractivity contribution in [2.75, 3.05) is 4.72 Å². The Balaban J connectivity index is 2.37. The van der Waals surface area contributed by atoms with Crippen molar-refractivity contribution >= 4 is 33.0 Å². The normalized spacial score (nSPS) is 11.1. The summed E-state index contributed by atoms with van der Waals surface area (Å²) >= 11 is 4.87. The summed E-state index contributed by atoms with van der Waals surface area (Å²) in [4.78, 5) is 4.33. The van der Waals surface area contributed by atoms with E-state index in [9.17, 15) is 8.42 Å². The molecule has 3 N–H and O–H groups in total. The fourth-order valence-electron chi connectivity index (χ4n) is 1.72. The summed E-state index contributed by atoms with van der Waals surface area (Å²) in [5, 5.41) is 0. The molecule has 0 fully saturated rings. The van der Waals surface area contributed by atoms with E-state index in [0.29, 0.717) is 11.1 Å². The highest BCUT2D eigenvalue weighted by Crippen LogP contribution is 2.19. The van der Waals surface area contributed by atoms with Crippen LogP contribution in [-0.2, 0) is 10.0 Å². The Morgan fingerprint density at radius 1 is 1.30 bits per heavy atom. The Hall–Kier alpha value is -1.99. The molecular formula is C13H13N3O2S2. The van der Waals surface area contributed by atoms with Crippen LogP contribution in [0.15, 0.2) is 47.5 Å². The number of nitrogens with zero attached hydrogens (tertiary/aromatic N) is 1. The van der Waals surface area contributed by atoms with Gasteiger partial charge < -0.3 is 5.73 Å². The summed E-state index contributed by atoms with van der Waals surface area (Å²) in [5.74, 6) is 0.269. The molecule has 0 saturated heterocycles. The summed E-state index contributed by atoms with van der Waals surface area (Å²) in [5.41, 5.74) is 6.72. The van der Waals surface area contributed by atoms with Crippen molar-refractivity contribution in [3.05, 3.63) is 53.7 Å². The number of pyridine rings is 1. The number of hydrogen-bond acceptors (Lipinski definition) is 4. The van der Waals surface area contributed by atoms with E-state index in [-0.39, 0.29) is 15.7 Å². The standard InChI is InChI=1S/C13H13N3O2S2/c1-9-8-10(13(14)19)5-6-11(9)20(17,18)16-12-4-2-3-7-15-12/h2-8H,1H3,(H2,14,19)(H,15,16). The predicted molar refractivity (Wildman–Crippen MR) is 82.1 cm³/mol. The van der Waals surface area contributed by atoms with Gasteiger partial charge in [-0.05, 0) is 36.8 Å². The van der Waals surface area contributed by atoms with Crippen LogP contribution in [0.3, 0.4) is 0 Å². The summed E-state index contributed by atoms with van der Waals surface area (Å²) < 4.78 is 27.0. The number of sulfonamides is 1. The molecule has 0 bridgehead atoms. The molecule has 20 heavy (non-hydrogen) atoms. The van der Waals surface area contributed by atoms with Gasteiger partial charge in [0, 0.05) is 11.8 Å². The minimum Gasteiger partial charge on any atom is -0.389 e. The zero-order valence-corrected chi connectivity index (χ0v) is 12.3. The van der Waals surface area contributed by atoms with Crippen LogP contribution in [-0.4, -0.2) is 18.4 Å². The Morgan fingerprint density at radius 3 is 2.60 bits per heavy atom. The summed E-state index contributed by atoms with van der Waals surface area (Å²) in [6, 6.07) is 9.71. The number of aromatic nitrogens is 1. The molecule has 7 heteroatoms. The lowest BCUT2D eigenvalue weighted by Gasteiger charge is -2.10. The molecule has 0 unspecified atom stereocenters. The minimum absolute atomic E-state index is 0.170. The van der Waals surface area contributed by atoms with Gasteiger partial charge in [0.25, 0.3) is 10.0 Å². The lowest BCUT2D eigenvalue weighted by Crippen LogP contribution is -2.16. The van der Waals surface area contributed by atoms with Crippen LogP contribution in [0.2, 0.25) is 0 Å². The number of rotatable bonds is 4. The third-order valence-corrected chi connectivity index (χ3v) is 4.40. The third kappa shape index (κ3) is 3.12. The van der Waals surface area contributed by atoms with E-state index in [1.54, 1.807) is 37.3 Å². The lowest BCUT2D eigenvalue weighted by molar-refractivity contribution is 0.600. The van der Waals surface area contributed by atoms with Crippen molar-refractivity contribution in [3.63, 3.8) is 0 Å². The summed E-state index contributed by atoms with van der Waals surface area (Å²) in [6.45, 7) is 1.69. The SMILES string of the molecule is Cc1cc(C(N)=S)ccc1S(=O)(=O)Nc1ccccn1. The van der Waals surface area contributed by atoms with Gasteiger partial charge in [-0.25, -0.2) is 13.4 Å². The van der Waals surface area contributed by atoms with Crippen LogP contribution < -0.4 is 10.5 Å². The second kappa shape index (κ2) is 5.56. The second-order valence-electron chi connectivity index (χ2n) is 4.17. The first-order valence-electron chi connectivity index (χ1n) is 5.74. The van der Waals surface area contributed by atoms with E-state index in [2.05, 4.69) is 9.71 Å². The minimum atomic E-state index is -3.68. The van der Waals surface area contributed by atoms with Gasteiger partial charge in [-0.15, -0.1) is 0 Å². The topological polar surface area (TPSA) is 85.1 Å². The highest BCUT2D eigenvalue weighted by molar-refractivity contribution is 7.92. The van der Waals surface area contributed by atoms with Crippen LogP contribution in [0.4, 0.5) is 5.82 Å². The molecule has 104 valence electrons. The van der Waals surface area contributed by atoms with Crippen molar-refractivity contribution in [1.82, 2.24) is 4.98 Å². The lowest BCUT2D eigenvalue weighted by atomic mass is 10.1. The molecule has 0 atom stereocenters. The largest absolute Gasteiger partial charge is 0.389 e. The molecule has 0 aliphatic rings. The molecule has 2 aromatic rings. The van der Waals surface area contributed by atoms with Gasteiger partial charge in [0.15, 0.2) is 0 Å². The Labute approximate surface area is 122 Å². The smallest absolute Gasteiger partial charge is 0.263 e. The zero-order valence-electron chi connectivity index (χ0n) is 10.7. The highest BCUT2D eigenvalue weighted by Gasteiger charge is 2.17. The van der Waals surface area contributed by atoms with Crippen LogP contribution in [0, 0.1) is 6.92 Å². The van der Waals surface area contributed by atoms with Crippen LogP contribution >= 0.6 is 12.2 Å². The van der Waals surface area contributed by atoms with Crippen LogP contribution in [0.25, 0.3) is 0 Å². The van der Waals surface area contributed by atoms with Gasteiger partial charge in [-0.2, -0.15) is 0 Å². The predicted octanol–water partition coefficient (Wildman–Crippen LogP) is 1.83. The maximum absolute atomic E-state index is 12.3. The van der Waals surface area contributed by atoms with Gasteiger partial charge in [-0.1, -0.05) is 24.4 Å². The van der Waals surface area contributed by atoms with Crippen LogP contribution in [0.5, 0.6) is 0 Å². The maximum Gasteiger partial charge on any atom is 0.263 e. The molecule has 0 amide bonds. The second-order valence-corrected chi connectivity index (χ2v) is 6.26. The monoisotopic (exact) mass is 307 g/mol. The molecule has 0 spiro atoms. The molecule has 1 aromatic carbocycles. The molecule has 1 aromatic heterocycles. The Kier molecular flexibility index (Phi) is 4.01. The van der Waals surface area contributed by atoms with Gasteiger partial charge in [0.2, 0.25) is 0 Å². The Morgan fingerprint density at radius 2 is 2.05 bits per heavy atom. The highest BCUT2D eigenvalue weighted by atomic mass is 32.2. The van der Waals surface area contributed by atoms with Crippen molar-refractivity contribution in [2.45, 2.75) is 11.8 Å². The first-order chi connectivity index (χ1) is 9.40. The quantitative estimate of drug-likeness (QED) is 0.842. The number of anilines is 1. The van der Waals surface area contributed by atoms with E-state index in [1.165, 1.54) is 12.3 Å². The number of nitrogens with two attached hydrogens (primary N) is 1. The molecule has 5 nitrogen and oxygen atoms in total. The maximum atomic E-state index is 12.3. The van der Waals surface area contributed by atoms with Crippen molar-refractivity contribution in [1.29, 1.82) is 0 Å². The van der Waals surface area contributed by atoms with Crippen LogP contribution in [0.1, 0.15) is 11.1 Å². The molecule has 0 saturated carbocycles. The molecule has 0 aliphatic heterocycles. The van der Waals surface area contributed by atoms with Gasteiger partial charge >= 0.3 is 0 Å². The van der Waals surface area contributed by atoms with Gasteiger partial charge in [0.1, 0.15) is 10.8 Å². The first kappa shape index (κ1) is 14.4. The molecule has 0 radical (unpaired) electrons. The zero-order chi connectivity index (χ0) is 14.8. The molecular weight excluding hydrogens is 294 g/mol. The Bertz CT molecular complexity index is 743. The first-order valence-corrected chi connectivity index (χ1v) is 7.63. The molecule has 1 heterocycles. The third-order valence-electron chi connectivity index (χ3n) is 2.65. The van der Waals surface area contributed by atoms with Gasteiger partial charge in [-0.3, -0.25) is 4.72 Å². The molecule has 0 aliphatic carbocycles.